The van der Waals surface area contributed by atoms with E-state index in [1.165, 1.54) is 11.9 Å². The highest BCUT2D eigenvalue weighted by molar-refractivity contribution is 7.99. The van der Waals surface area contributed by atoms with Crippen molar-refractivity contribution in [1.82, 2.24) is 14.3 Å². The van der Waals surface area contributed by atoms with Crippen LogP contribution in [0.25, 0.3) is 0 Å². The Morgan fingerprint density at radius 2 is 2.00 bits per heavy atom. The van der Waals surface area contributed by atoms with Crippen molar-refractivity contribution in [3.63, 3.8) is 0 Å². The molecule has 0 atom stereocenters. The van der Waals surface area contributed by atoms with Gasteiger partial charge in [-0.05, 0) is 19.8 Å². The van der Waals surface area contributed by atoms with Crippen LogP contribution in [0, 0.1) is 19.8 Å². The molecule has 7 heteroatoms. The van der Waals surface area contributed by atoms with Gasteiger partial charge in [0, 0.05) is 24.5 Å². The highest BCUT2D eigenvalue weighted by Gasteiger charge is 2.12. The molecule has 0 fully saturated rings. The van der Waals surface area contributed by atoms with Gasteiger partial charge in [-0.25, -0.2) is 18.1 Å². The van der Waals surface area contributed by atoms with Crippen molar-refractivity contribution in [2.24, 2.45) is 5.92 Å². The lowest BCUT2D eigenvalue weighted by atomic mass is 10.2. The van der Waals surface area contributed by atoms with E-state index in [0.717, 1.165) is 17.4 Å². The molecule has 0 aliphatic heterocycles. The predicted octanol–water partition coefficient (Wildman–Crippen LogP) is 1.80. The monoisotopic (exact) mass is 305 g/mol. The van der Waals surface area contributed by atoms with Crippen molar-refractivity contribution in [3.05, 3.63) is 11.4 Å². The van der Waals surface area contributed by atoms with Crippen molar-refractivity contribution < 1.29 is 8.42 Å². The van der Waals surface area contributed by atoms with E-state index in [2.05, 4.69) is 35.0 Å². The van der Waals surface area contributed by atoms with Crippen LogP contribution in [0.15, 0.2) is 5.16 Å². The molecule has 110 valence electrons. The van der Waals surface area contributed by atoms with Gasteiger partial charge >= 0.3 is 0 Å². The minimum absolute atomic E-state index is 0.427. The largest absolute Gasteiger partial charge is 0.323 e. The minimum Gasteiger partial charge on any atom is -0.323 e. The quantitative estimate of drug-likeness (QED) is 0.616. The molecule has 0 amide bonds. The lowest BCUT2D eigenvalue weighted by Crippen LogP contribution is -2.24. The number of aromatic nitrogens is 2. The first-order chi connectivity index (χ1) is 8.70. The summed E-state index contributed by atoms with van der Waals surface area (Å²) in [4.78, 5) is 4.55. The fourth-order valence-electron chi connectivity index (χ4n) is 1.68. The first-order valence-corrected chi connectivity index (χ1v) is 9.19. The van der Waals surface area contributed by atoms with Gasteiger partial charge in [0.1, 0.15) is 0 Å². The summed E-state index contributed by atoms with van der Waals surface area (Å²) in [6.07, 6.45) is 1.17. The maximum Gasteiger partial charge on any atom is 0.208 e. The lowest BCUT2D eigenvalue weighted by molar-refractivity contribution is 0.486. The van der Waals surface area contributed by atoms with E-state index in [1.54, 1.807) is 11.8 Å². The van der Waals surface area contributed by atoms with E-state index in [0.29, 0.717) is 18.2 Å². The molecule has 0 saturated carbocycles. The summed E-state index contributed by atoms with van der Waals surface area (Å²) in [5, 5.41) is 0.971. The standard InChI is InChI=1S/C12H23N3O2S2/c1-9(2)8-15-11(4)10(3)14-12(15)18-7-6-13-19(5,16)17/h9,13H,6-8H2,1-5H3. The fraction of sp³-hybridized carbons (Fsp3) is 0.750. The Morgan fingerprint density at radius 3 is 2.53 bits per heavy atom. The van der Waals surface area contributed by atoms with Gasteiger partial charge in [-0.15, -0.1) is 0 Å². The highest BCUT2D eigenvalue weighted by atomic mass is 32.2. The molecular weight excluding hydrogens is 282 g/mol. The number of rotatable bonds is 7. The summed E-state index contributed by atoms with van der Waals surface area (Å²) < 4.78 is 26.6. The third-order valence-corrected chi connectivity index (χ3v) is 4.37. The molecule has 1 rings (SSSR count). The van der Waals surface area contributed by atoms with Crippen molar-refractivity contribution in [2.45, 2.75) is 39.4 Å². The van der Waals surface area contributed by atoms with Gasteiger partial charge in [0.2, 0.25) is 10.0 Å². The average Bonchev–Trinajstić information content (AvgIpc) is 2.51. The first-order valence-electron chi connectivity index (χ1n) is 6.32. The maximum atomic E-state index is 11.0. The zero-order valence-electron chi connectivity index (χ0n) is 12.2. The fourth-order valence-corrected chi connectivity index (χ4v) is 3.24. The summed E-state index contributed by atoms with van der Waals surface area (Å²) in [5.74, 6) is 1.24. The summed E-state index contributed by atoms with van der Waals surface area (Å²) in [6, 6.07) is 0. The Balaban J connectivity index is 2.65. The van der Waals surface area contributed by atoms with E-state index < -0.39 is 10.0 Å². The Bertz CT molecular complexity index is 521. The smallest absolute Gasteiger partial charge is 0.208 e. The zero-order chi connectivity index (χ0) is 14.6. The van der Waals surface area contributed by atoms with Crippen LogP contribution in [0.2, 0.25) is 0 Å². The molecule has 1 heterocycles. The maximum absolute atomic E-state index is 11.0. The van der Waals surface area contributed by atoms with E-state index in [1.807, 2.05) is 6.92 Å². The van der Waals surface area contributed by atoms with Crippen molar-refractivity contribution in [3.8, 4) is 0 Å². The van der Waals surface area contributed by atoms with E-state index in [9.17, 15) is 8.42 Å². The van der Waals surface area contributed by atoms with Crippen molar-refractivity contribution in [2.75, 3.05) is 18.6 Å². The number of thioether (sulfide) groups is 1. The van der Waals surface area contributed by atoms with Gasteiger partial charge < -0.3 is 4.57 Å². The van der Waals surface area contributed by atoms with Crippen LogP contribution in [-0.4, -0.2) is 36.5 Å². The molecular formula is C12H23N3O2S2. The molecule has 1 N–H and O–H groups in total. The molecule has 0 aliphatic carbocycles. The number of hydrogen-bond donors (Lipinski definition) is 1. The summed E-state index contributed by atoms with van der Waals surface area (Å²) in [6.45, 7) is 9.79. The number of nitrogens with one attached hydrogen (secondary N) is 1. The van der Waals surface area contributed by atoms with Gasteiger partial charge in [0.15, 0.2) is 5.16 Å². The molecule has 0 unspecified atom stereocenters. The number of hydrogen-bond acceptors (Lipinski definition) is 4. The van der Waals surface area contributed by atoms with Gasteiger partial charge in [-0.3, -0.25) is 0 Å². The Hall–Kier alpha value is -0.530. The van der Waals surface area contributed by atoms with Gasteiger partial charge in [-0.1, -0.05) is 25.6 Å². The molecule has 0 aromatic carbocycles. The molecule has 0 bridgehead atoms. The summed E-state index contributed by atoms with van der Waals surface area (Å²) >= 11 is 1.59. The first kappa shape index (κ1) is 16.5. The number of sulfonamides is 1. The molecule has 0 radical (unpaired) electrons. The molecule has 19 heavy (non-hydrogen) atoms. The molecule has 1 aromatic rings. The molecule has 0 aliphatic rings. The summed E-state index contributed by atoms with van der Waals surface area (Å²) in [7, 11) is -3.10. The second-order valence-corrected chi connectivity index (χ2v) is 7.98. The molecule has 5 nitrogen and oxygen atoms in total. The third-order valence-electron chi connectivity index (χ3n) is 2.67. The van der Waals surface area contributed by atoms with Gasteiger partial charge in [0.05, 0.1) is 11.9 Å². The zero-order valence-corrected chi connectivity index (χ0v) is 13.9. The third kappa shape index (κ3) is 5.54. The summed E-state index contributed by atoms with van der Waals surface area (Å²) in [5.41, 5.74) is 2.23. The van der Waals surface area contributed by atoms with E-state index in [-0.39, 0.29) is 0 Å². The lowest BCUT2D eigenvalue weighted by Gasteiger charge is -2.12. The van der Waals surface area contributed by atoms with Crippen molar-refractivity contribution in [1.29, 1.82) is 0 Å². The van der Waals surface area contributed by atoms with E-state index in [4.69, 9.17) is 0 Å². The highest BCUT2D eigenvalue weighted by Crippen LogP contribution is 2.22. The van der Waals surface area contributed by atoms with Crippen LogP contribution >= 0.6 is 11.8 Å². The molecule has 0 saturated heterocycles. The number of imidazole rings is 1. The predicted molar refractivity (Wildman–Crippen MR) is 80.1 cm³/mol. The van der Waals surface area contributed by atoms with Crippen LogP contribution in [0.3, 0.4) is 0 Å². The topological polar surface area (TPSA) is 64.0 Å². The molecule has 1 aromatic heterocycles. The average molecular weight is 305 g/mol. The second-order valence-electron chi connectivity index (χ2n) is 5.08. The molecule has 0 spiro atoms. The van der Waals surface area contributed by atoms with E-state index >= 15 is 0 Å². The normalized spacial score (nSPS) is 12.3. The van der Waals surface area contributed by atoms with Crippen LogP contribution < -0.4 is 4.72 Å². The van der Waals surface area contributed by atoms with Crippen LogP contribution in [0.5, 0.6) is 0 Å². The number of nitrogens with zero attached hydrogens (tertiary/aromatic N) is 2. The van der Waals surface area contributed by atoms with Crippen molar-refractivity contribution >= 4 is 21.8 Å². The van der Waals surface area contributed by atoms with Crippen LogP contribution in [-0.2, 0) is 16.6 Å². The van der Waals surface area contributed by atoms with Gasteiger partial charge in [-0.2, -0.15) is 0 Å². The SMILES string of the molecule is Cc1nc(SCCNS(C)(=O)=O)n(CC(C)C)c1C. The van der Waals surface area contributed by atoms with Crippen LogP contribution in [0.1, 0.15) is 25.2 Å². The second kappa shape index (κ2) is 6.76. The number of aryl methyl sites for hydroxylation is 1. The van der Waals surface area contributed by atoms with Gasteiger partial charge in [0.25, 0.3) is 0 Å². The Kier molecular flexibility index (Phi) is 5.88. The Morgan fingerprint density at radius 1 is 1.37 bits per heavy atom. The minimum atomic E-state index is -3.10. The Labute approximate surface area is 120 Å². The van der Waals surface area contributed by atoms with Crippen LogP contribution in [0.4, 0.5) is 0 Å².